The van der Waals surface area contributed by atoms with Gasteiger partial charge < -0.3 is 19.9 Å². The van der Waals surface area contributed by atoms with Crippen LogP contribution in [0, 0.1) is 17.8 Å². The number of likely N-dealkylation sites (tertiary alicyclic amines) is 1. The van der Waals surface area contributed by atoms with Gasteiger partial charge >= 0.3 is 5.97 Å². The Morgan fingerprint density at radius 1 is 1.03 bits per heavy atom. The Bertz CT molecular complexity index is 1130. The van der Waals surface area contributed by atoms with Crippen molar-refractivity contribution >= 4 is 34.8 Å². The molecule has 39 heavy (non-hydrogen) atoms. The van der Waals surface area contributed by atoms with Crippen LogP contribution in [0.4, 0.5) is 5.69 Å². The van der Waals surface area contributed by atoms with Crippen molar-refractivity contribution in [3.8, 4) is 10.4 Å². The first-order valence-electron chi connectivity index (χ1n) is 14.4. The van der Waals surface area contributed by atoms with Gasteiger partial charge in [0.25, 0.3) is 5.91 Å². The molecule has 4 rings (SSSR count). The predicted molar refractivity (Wildman–Crippen MR) is 156 cm³/mol. The van der Waals surface area contributed by atoms with Crippen molar-refractivity contribution in [1.82, 2.24) is 5.32 Å². The highest BCUT2D eigenvalue weighted by Crippen LogP contribution is 2.40. The summed E-state index contributed by atoms with van der Waals surface area (Å²) in [6.45, 7) is 8.01. The van der Waals surface area contributed by atoms with E-state index in [9.17, 15) is 14.4 Å². The normalized spacial score (nSPS) is 24.2. The summed E-state index contributed by atoms with van der Waals surface area (Å²) in [6, 6.07) is 11.3. The quantitative estimate of drug-likeness (QED) is 0.480. The third-order valence-corrected chi connectivity index (χ3v) is 9.59. The Hall–Kier alpha value is -2.71. The molecule has 2 aromatic rings. The summed E-state index contributed by atoms with van der Waals surface area (Å²) in [7, 11) is 3.53. The van der Waals surface area contributed by atoms with Gasteiger partial charge in [-0.1, -0.05) is 51.1 Å². The molecule has 1 aliphatic heterocycles. The van der Waals surface area contributed by atoms with Crippen LogP contribution in [0.2, 0.25) is 0 Å². The molecule has 1 aliphatic carbocycles. The largest absolute Gasteiger partial charge is 0.467 e. The van der Waals surface area contributed by atoms with E-state index in [1.54, 1.807) is 0 Å². The van der Waals surface area contributed by atoms with E-state index in [2.05, 4.69) is 19.3 Å². The van der Waals surface area contributed by atoms with Crippen molar-refractivity contribution in [2.75, 3.05) is 32.1 Å². The molecule has 8 heteroatoms. The lowest BCUT2D eigenvalue weighted by Crippen LogP contribution is -3.10. The van der Waals surface area contributed by atoms with E-state index in [1.807, 2.05) is 55.1 Å². The Morgan fingerprint density at radius 3 is 2.26 bits per heavy atom. The van der Waals surface area contributed by atoms with E-state index in [0.29, 0.717) is 16.5 Å². The maximum atomic E-state index is 14.3. The van der Waals surface area contributed by atoms with Crippen LogP contribution in [0.1, 0.15) is 69.0 Å². The van der Waals surface area contributed by atoms with Crippen molar-refractivity contribution < 1.29 is 24.0 Å². The number of anilines is 1. The average Bonchev–Trinajstić information content (AvgIpc) is 3.38. The molecule has 1 aromatic heterocycles. The number of quaternary nitrogens is 1. The van der Waals surface area contributed by atoms with Gasteiger partial charge in [-0.15, -0.1) is 11.3 Å². The lowest BCUT2D eigenvalue weighted by molar-refractivity contribution is -0.884. The van der Waals surface area contributed by atoms with Crippen LogP contribution in [0.5, 0.6) is 0 Å². The molecule has 0 spiro atoms. The fourth-order valence-electron chi connectivity index (χ4n) is 5.85. The minimum Gasteiger partial charge on any atom is -0.467 e. The second-order valence-corrected chi connectivity index (χ2v) is 12.8. The van der Waals surface area contributed by atoms with Crippen LogP contribution in [0.25, 0.3) is 10.4 Å². The monoisotopic (exact) mass is 554 g/mol. The second-order valence-electron chi connectivity index (χ2n) is 11.8. The molecule has 212 valence electrons. The zero-order chi connectivity index (χ0) is 28.1. The highest BCUT2D eigenvalue weighted by Gasteiger charge is 2.38. The van der Waals surface area contributed by atoms with E-state index < -0.39 is 12.0 Å². The number of hydrogen-bond donors (Lipinski definition) is 2. The summed E-state index contributed by atoms with van der Waals surface area (Å²) >= 11 is 1.39. The zero-order valence-electron chi connectivity index (χ0n) is 24.0. The second kappa shape index (κ2) is 13.1. The molecule has 0 unspecified atom stereocenters. The molecule has 2 amide bonds. The number of nitrogens with one attached hydrogen (secondary N) is 2. The number of benzene rings is 1. The molecule has 1 saturated heterocycles. The number of thiophene rings is 1. The fourth-order valence-corrected chi connectivity index (χ4v) is 6.91. The van der Waals surface area contributed by atoms with Gasteiger partial charge in [0.2, 0.25) is 5.91 Å². The molecule has 2 fully saturated rings. The molecule has 1 atom stereocenters. The first-order valence-corrected chi connectivity index (χ1v) is 15.2. The number of methoxy groups -OCH3 is 1. The number of hydrogen-bond acceptors (Lipinski definition) is 5. The van der Waals surface area contributed by atoms with Crippen LogP contribution in [0.15, 0.2) is 36.4 Å². The maximum Gasteiger partial charge on any atom is 0.328 e. The van der Waals surface area contributed by atoms with Gasteiger partial charge in [-0.05, 0) is 49.1 Å². The van der Waals surface area contributed by atoms with Gasteiger partial charge in [0, 0.05) is 29.7 Å². The lowest BCUT2D eigenvalue weighted by Gasteiger charge is -2.39. The van der Waals surface area contributed by atoms with Gasteiger partial charge in [-0.3, -0.25) is 9.59 Å². The molecular formula is C31H44N3O4S+. The summed E-state index contributed by atoms with van der Waals surface area (Å²) in [5.41, 5.74) is 1.68. The average molecular weight is 555 g/mol. The lowest BCUT2D eigenvalue weighted by atomic mass is 9.82. The Labute approximate surface area is 236 Å². The van der Waals surface area contributed by atoms with Gasteiger partial charge in [0.1, 0.15) is 10.9 Å². The molecule has 2 heterocycles. The molecule has 2 aliphatic rings. The van der Waals surface area contributed by atoms with Crippen molar-refractivity contribution in [1.29, 1.82) is 0 Å². The molecule has 0 radical (unpaired) electrons. The fraction of sp³-hybridized carbons (Fsp3) is 0.581. The van der Waals surface area contributed by atoms with E-state index in [1.165, 1.54) is 23.3 Å². The van der Waals surface area contributed by atoms with E-state index >= 15 is 0 Å². The number of carbonyl (C=O) groups excluding carboxylic acids is 3. The standard InChI is InChI=1S/C31H43N3O4S/c1-20(2)27(31(37)38-5)32-29(35)28-25(19-26(39-28)22-9-7-6-8-10-22)34(24-15-17-33(4)18-16-24)30(36)23-13-11-21(3)12-14-23/h6-10,19-21,23-24,27H,11-18H2,1-5H3,(H,32,35)/p+1/t21?,23?,27-/m1/s1. The summed E-state index contributed by atoms with van der Waals surface area (Å²) in [6.07, 6.45) is 5.70. The number of piperidine rings is 1. The van der Waals surface area contributed by atoms with Gasteiger partial charge in [-0.2, -0.15) is 0 Å². The van der Waals surface area contributed by atoms with Gasteiger partial charge in [-0.25, -0.2) is 4.79 Å². The molecule has 1 aromatic carbocycles. The van der Waals surface area contributed by atoms with Crippen LogP contribution >= 0.6 is 11.3 Å². The summed E-state index contributed by atoms with van der Waals surface area (Å²) in [5, 5.41) is 2.93. The third-order valence-electron chi connectivity index (χ3n) is 8.42. The van der Waals surface area contributed by atoms with Crippen molar-refractivity contribution in [3.63, 3.8) is 0 Å². The Balaban J connectivity index is 1.77. The molecule has 2 N–H and O–H groups in total. The van der Waals surface area contributed by atoms with Crippen molar-refractivity contribution in [3.05, 3.63) is 41.3 Å². The number of amides is 2. The van der Waals surface area contributed by atoms with Gasteiger partial charge in [0.05, 0.1) is 32.9 Å². The van der Waals surface area contributed by atoms with Gasteiger partial charge in [0.15, 0.2) is 0 Å². The van der Waals surface area contributed by atoms with E-state index in [4.69, 9.17) is 4.74 Å². The van der Waals surface area contributed by atoms with Crippen LogP contribution < -0.4 is 15.1 Å². The van der Waals surface area contributed by atoms with Crippen molar-refractivity contribution in [2.45, 2.75) is 71.4 Å². The predicted octanol–water partition coefficient (Wildman–Crippen LogP) is 4.18. The number of ether oxygens (including phenoxy) is 1. The minimum atomic E-state index is -0.770. The SMILES string of the molecule is COC(=O)[C@H](NC(=O)c1sc(-c2ccccc2)cc1N(C(=O)C1CCC(C)CC1)C1CC[NH+](C)CC1)C(C)C. The van der Waals surface area contributed by atoms with Crippen LogP contribution in [-0.4, -0.2) is 57.1 Å². The highest BCUT2D eigenvalue weighted by molar-refractivity contribution is 7.18. The molecule has 7 nitrogen and oxygen atoms in total. The molecular weight excluding hydrogens is 510 g/mol. The first-order chi connectivity index (χ1) is 18.7. The molecule has 1 saturated carbocycles. The highest BCUT2D eigenvalue weighted by atomic mass is 32.1. The number of rotatable bonds is 8. The smallest absolute Gasteiger partial charge is 0.328 e. The summed E-state index contributed by atoms with van der Waals surface area (Å²) < 4.78 is 4.98. The number of esters is 1. The summed E-state index contributed by atoms with van der Waals surface area (Å²) in [5.74, 6) is -0.184. The first kappa shape index (κ1) is 29.3. The third kappa shape index (κ3) is 6.90. The van der Waals surface area contributed by atoms with Crippen LogP contribution in [-0.2, 0) is 14.3 Å². The Morgan fingerprint density at radius 2 is 1.67 bits per heavy atom. The van der Waals surface area contributed by atoms with Crippen molar-refractivity contribution in [2.24, 2.45) is 17.8 Å². The summed E-state index contributed by atoms with van der Waals surface area (Å²) in [4.78, 5) is 45.5. The Kier molecular flexibility index (Phi) is 9.83. The zero-order valence-corrected chi connectivity index (χ0v) is 24.8. The maximum absolute atomic E-state index is 14.3. The van der Waals surface area contributed by atoms with E-state index in [-0.39, 0.29) is 29.7 Å². The van der Waals surface area contributed by atoms with E-state index in [0.717, 1.165) is 62.1 Å². The number of carbonyl (C=O) groups is 3. The topological polar surface area (TPSA) is 80.2 Å². The molecule has 0 bridgehead atoms. The minimum absolute atomic E-state index is 0.0253. The number of nitrogens with zero attached hydrogens (tertiary/aromatic N) is 1. The van der Waals surface area contributed by atoms with Crippen LogP contribution in [0.3, 0.4) is 0 Å².